The molecule has 4 rings (SSSR count). The first-order chi connectivity index (χ1) is 12.1. The van der Waals surface area contributed by atoms with E-state index in [-0.39, 0.29) is 0 Å². The Morgan fingerprint density at radius 1 is 0.960 bits per heavy atom. The number of H-pyrrole nitrogens is 2. The highest BCUT2D eigenvalue weighted by molar-refractivity contribution is 5.78. The number of aryl methyl sites for hydroxylation is 1. The quantitative estimate of drug-likeness (QED) is 0.825. The van der Waals surface area contributed by atoms with Gasteiger partial charge in [-0.15, -0.1) is 0 Å². The Labute approximate surface area is 147 Å². The highest BCUT2D eigenvalue weighted by Crippen LogP contribution is 2.44. The molecule has 2 heterocycles. The Hall–Kier alpha value is -1.88. The van der Waals surface area contributed by atoms with Gasteiger partial charge in [0.25, 0.3) is 0 Å². The molecule has 2 fully saturated rings. The smallest absolute Gasteiger partial charge is 0.314 e. The van der Waals surface area contributed by atoms with Gasteiger partial charge in [-0.3, -0.25) is 14.5 Å². The summed E-state index contributed by atoms with van der Waals surface area (Å²) in [6.07, 6.45) is 9.61. The molecule has 1 spiro atoms. The minimum atomic E-state index is -0.584. The van der Waals surface area contributed by atoms with Crippen molar-refractivity contribution in [1.82, 2.24) is 14.9 Å². The average molecular weight is 341 g/mol. The minimum Gasteiger partial charge on any atom is -0.316 e. The third-order valence-electron chi connectivity index (χ3n) is 6.45. The lowest BCUT2D eigenvalue weighted by atomic mass is 9.68. The lowest BCUT2D eigenvalue weighted by Crippen LogP contribution is -2.40. The molecule has 2 N–H and O–H groups in total. The van der Waals surface area contributed by atoms with Gasteiger partial charge >= 0.3 is 11.1 Å². The summed E-state index contributed by atoms with van der Waals surface area (Å²) < 4.78 is 0. The number of likely N-dealkylation sites (tertiary alicyclic amines) is 1. The molecule has 1 aliphatic carbocycles. The Morgan fingerprint density at radius 2 is 1.64 bits per heavy atom. The van der Waals surface area contributed by atoms with Gasteiger partial charge in [0.05, 0.1) is 11.0 Å². The number of aromatic amines is 2. The fraction of sp³-hybridized carbons (Fsp3) is 0.600. The molecule has 0 amide bonds. The second-order valence-electron chi connectivity index (χ2n) is 8.03. The zero-order chi connectivity index (χ0) is 17.4. The number of piperidine rings is 1. The summed E-state index contributed by atoms with van der Waals surface area (Å²) in [7, 11) is 0. The van der Waals surface area contributed by atoms with Crippen LogP contribution in [-0.2, 0) is 6.54 Å². The van der Waals surface area contributed by atoms with Crippen LogP contribution in [0, 0.1) is 12.3 Å². The van der Waals surface area contributed by atoms with Crippen molar-refractivity contribution >= 4 is 11.0 Å². The summed E-state index contributed by atoms with van der Waals surface area (Å²) in [5, 5.41) is 0. The molecule has 2 aliphatic rings. The first-order valence-electron chi connectivity index (χ1n) is 9.54. The standard InChI is InChI=1S/C20H27N3O2/c1-14-5-6-16-17(22-19(25)18(24)21-16)15(14)13-23-11-9-20(10-12-23)7-3-2-4-8-20/h5-6H,2-4,7-13H2,1H3,(H,21,24)(H,22,25). The summed E-state index contributed by atoms with van der Waals surface area (Å²) in [4.78, 5) is 31.3. The van der Waals surface area contributed by atoms with E-state index in [1.54, 1.807) is 0 Å². The number of nitrogens with zero attached hydrogens (tertiary/aromatic N) is 1. The largest absolute Gasteiger partial charge is 0.316 e. The van der Waals surface area contributed by atoms with Crippen molar-refractivity contribution in [2.24, 2.45) is 5.41 Å². The van der Waals surface area contributed by atoms with Gasteiger partial charge in [-0.1, -0.05) is 25.3 Å². The van der Waals surface area contributed by atoms with Crippen LogP contribution in [0.15, 0.2) is 21.7 Å². The molecule has 134 valence electrons. The number of rotatable bonds is 2. The van der Waals surface area contributed by atoms with E-state index in [4.69, 9.17) is 0 Å². The number of nitrogens with one attached hydrogen (secondary N) is 2. The molecule has 1 aromatic heterocycles. The summed E-state index contributed by atoms with van der Waals surface area (Å²) in [6.45, 7) is 5.17. The topological polar surface area (TPSA) is 69.0 Å². The van der Waals surface area contributed by atoms with Crippen molar-refractivity contribution in [1.29, 1.82) is 0 Å². The summed E-state index contributed by atoms with van der Waals surface area (Å²) in [5.41, 5.74) is 3.23. The molecule has 0 atom stereocenters. The Balaban J connectivity index is 1.57. The van der Waals surface area contributed by atoms with E-state index in [0.717, 1.165) is 36.3 Å². The number of hydrogen-bond donors (Lipinski definition) is 2. The van der Waals surface area contributed by atoms with Gasteiger partial charge in [0.2, 0.25) is 0 Å². The van der Waals surface area contributed by atoms with Crippen LogP contribution >= 0.6 is 0 Å². The predicted octanol–water partition coefficient (Wildman–Crippen LogP) is 3.07. The Bertz CT molecular complexity index is 880. The number of hydrogen-bond acceptors (Lipinski definition) is 3. The molecular formula is C20H27N3O2. The van der Waals surface area contributed by atoms with Crippen molar-refractivity contribution in [3.8, 4) is 0 Å². The van der Waals surface area contributed by atoms with Crippen LogP contribution in [0.3, 0.4) is 0 Å². The molecule has 5 heteroatoms. The van der Waals surface area contributed by atoms with Gasteiger partial charge in [-0.25, -0.2) is 0 Å². The molecule has 0 unspecified atom stereocenters. The minimum absolute atomic E-state index is 0.570. The van der Waals surface area contributed by atoms with E-state index >= 15 is 0 Å². The van der Waals surface area contributed by atoms with E-state index in [1.807, 2.05) is 12.1 Å². The zero-order valence-corrected chi connectivity index (χ0v) is 15.0. The number of benzene rings is 1. The molecule has 2 aromatic rings. The lowest BCUT2D eigenvalue weighted by molar-refractivity contribution is 0.0642. The van der Waals surface area contributed by atoms with Crippen LogP contribution in [0.25, 0.3) is 11.0 Å². The normalized spacial score (nSPS) is 21.0. The summed E-state index contributed by atoms with van der Waals surface area (Å²) in [6, 6.07) is 3.90. The second-order valence-corrected chi connectivity index (χ2v) is 8.03. The van der Waals surface area contributed by atoms with Gasteiger partial charge in [-0.05, 0) is 68.3 Å². The first kappa shape index (κ1) is 16.6. The Kier molecular flexibility index (Phi) is 4.28. The molecule has 1 aliphatic heterocycles. The highest BCUT2D eigenvalue weighted by Gasteiger charge is 2.35. The predicted molar refractivity (Wildman–Crippen MR) is 100.0 cm³/mol. The maximum absolute atomic E-state index is 11.8. The molecule has 1 aromatic carbocycles. The maximum Gasteiger partial charge on any atom is 0.314 e. The Morgan fingerprint density at radius 3 is 2.36 bits per heavy atom. The van der Waals surface area contributed by atoms with Crippen LogP contribution in [-0.4, -0.2) is 28.0 Å². The zero-order valence-electron chi connectivity index (χ0n) is 15.0. The molecule has 5 nitrogen and oxygen atoms in total. The molecular weight excluding hydrogens is 314 g/mol. The summed E-state index contributed by atoms with van der Waals surface area (Å²) in [5.74, 6) is 0. The molecule has 1 saturated heterocycles. The third kappa shape index (κ3) is 3.17. The van der Waals surface area contributed by atoms with Crippen LogP contribution < -0.4 is 11.1 Å². The molecule has 25 heavy (non-hydrogen) atoms. The van der Waals surface area contributed by atoms with Gasteiger partial charge in [0.15, 0.2) is 0 Å². The van der Waals surface area contributed by atoms with E-state index in [0.29, 0.717) is 10.9 Å². The highest BCUT2D eigenvalue weighted by atomic mass is 16.2. The van der Waals surface area contributed by atoms with Crippen molar-refractivity contribution in [2.45, 2.75) is 58.4 Å². The number of fused-ring (bicyclic) bond motifs is 1. The SMILES string of the molecule is Cc1ccc2[nH]c(=O)c(=O)[nH]c2c1CN1CCC2(CCCCC2)CC1. The van der Waals surface area contributed by atoms with Gasteiger partial charge in [0, 0.05) is 6.54 Å². The average Bonchev–Trinajstić information content (AvgIpc) is 2.62. The van der Waals surface area contributed by atoms with Crippen LogP contribution in [0.4, 0.5) is 0 Å². The maximum atomic E-state index is 11.8. The number of aromatic nitrogens is 2. The van der Waals surface area contributed by atoms with E-state index in [9.17, 15) is 9.59 Å². The van der Waals surface area contributed by atoms with Gasteiger partial charge in [-0.2, -0.15) is 0 Å². The molecule has 0 bridgehead atoms. The van der Waals surface area contributed by atoms with Crippen LogP contribution in [0.2, 0.25) is 0 Å². The fourth-order valence-corrected chi connectivity index (χ4v) is 4.76. The van der Waals surface area contributed by atoms with Crippen molar-refractivity contribution < 1.29 is 0 Å². The van der Waals surface area contributed by atoms with Gasteiger partial charge < -0.3 is 9.97 Å². The summed E-state index contributed by atoms with van der Waals surface area (Å²) >= 11 is 0. The molecule has 1 saturated carbocycles. The van der Waals surface area contributed by atoms with Crippen LogP contribution in [0.1, 0.15) is 56.1 Å². The van der Waals surface area contributed by atoms with E-state index in [1.165, 1.54) is 44.9 Å². The van der Waals surface area contributed by atoms with Crippen LogP contribution in [0.5, 0.6) is 0 Å². The third-order valence-corrected chi connectivity index (χ3v) is 6.45. The van der Waals surface area contributed by atoms with Crippen molar-refractivity contribution in [3.63, 3.8) is 0 Å². The lowest BCUT2D eigenvalue weighted by Gasteiger charge is -2.44. The first-order valence-corrected chi connectivity index (χ1v) is 9.54. The van der Waals surface area contributed by atoms with E-state index < -0.39 is 11.1 Å². The second kappa shape index (κ2) is 6.45. The van der Waals surface area contributed by atoms with Gasteiger partial charge in [0.1, 0.15) is 0 Å². The monoisotopic (exact) mass is 341 g/mol. The van der Waals surface area contributed by atoms with E-state index in [2.05, 4.69) is 21.8 Å². The van der Waals surface area contributed by atoms with Crippen molar-refractivity contribution in [2.75, 3.05) is 13.1 Å². The fourth-order valence-electron chi connectivity index (χ4n) is 4.76. The van der Waals surface area contributed by atoms with Crippen molar-refractivity contribution in [3.05, 3.63) is 44.0 Å². The molecule has 0 radical (unpaired) electrons.